The van der Waals surface area contributed by atoms with Crippen LogP contribution in [0.2, 0.25) is 0 Å². The first kappa shape index (κ1) is 38.1. The van der Waals surface area contributed by atoms with E-state index < -0.39 is 73.2 Å². The summed E-state index contributed by atoms with van der Waals surface area (Å²) >= 11 is 0. The summed E-state index contributed by atoms with van der Waals surface area (Å²) in [7, 11) is -3.56. The van der Waals surface area contributed by atoms with Crippen molar-refractivity contribution in [2.75, 3.05) is 12.3 Å². The van der Waals surface area contributed by atoms with Crippen molar-refractivity contribution in [2.24, 2.45) is 22.7 Å². The number of carbonyl (C=O) groups excluding carboxylic acids is 5. The Morgan fingerprint density at radius 2 is 1.52 bits per heavy atom. The second-order valence-electron chi connectivity index (χ2n) is 17.5. The summed E-state index contributed by atoms with van der Waals surface area (Å²) in [6.07, 6.45) is 6.10. The van der Waals surface area contributed by atoms with Gasteiger partial charge in [-0.1, -0.05) is 67.2 Å². The number of nitrogens with one attached hydrogen (secondary N) is 4. The van der Waals surface area contributed by atoms with Gasteiger partial charge in [0.2, 0.25) is 17.6 Å². The minimum Gasteiger partial charge on any atom is -0.347 e. The number of amides is 5. The predicted molar refractivity (Wildman–Crippen MR) is 184 cm³/mol. The lowest BCUT2D eigenvalue weighted by Gasteiger charge is -2.41. The molecule has 5 unspecified atom stereocenters. The summed E-state index contributed by atoms with van der Waals surface area (Å²) in [6.45, 7) is 16.8. The Morgan fingerprint density at radius 1 is 0.917 bits per heavy atom. The fraction of sp³-hybridized carbons (Fsp3) is 0.857. The summed E-state index contributed by atoms with van der Waals surface area (Å²) in [5.74, 6) is -2.53. The Hall–Kier alpha value is -2.70. The lowest BCUT2D eigenvalue weighted by molar-refractivity contribution is -0.145. The number of urea groups is 1. The fourth-order valence-corrected chi connectivity index (χ4v) is 9.13. The molecule has 3 aliphatic carbocycles. The van der Waals surface area contributed by atoms with E-state index in [-0.39, 0.29) is 29.0 Å². The van der Waals surface area contributed by atoms with Crippen LogP contribution in [-0.4, -0.2) is 89.6 Å². The maximum absolute atomic E-state index is 14.4. The molecule has 0 aromatic rings. The van der Waals surface area contributed by atoms with Crippen molar-refractivity contribution in [2.45, 2.75) is 155 Å². The molecule has 13 heteroatoms. The predicted octanol–water partition coefficient (Wildman–Crippen LogP) is 3.23. The van der Waals surface area contributed by atoms with E-state index >= 15 is 0 Å². The summed E-state index contributed by atoms with van der Waals surface area (Å²) in [6, 6.07) is -3.50. The molecule has 0 aromatic heterocycles. The molecule has 1 aliphatic heterocycles. The van der Waals surface area contributed by atoms with Crippen molar-refractivity contribution in [3.63, 3.8) is 0 Å². The molecule has 4 fully saturated rings. The molecule has 12 nitrogen and oxygen atoms in total. The van der Waals surface area contributed by atoms with Crippen LogP contribution in [0.3, 0.4) is 0 Å². The molecular weight excluding hydrogens is 634 g/mol. The molecule has 0 aromatic carbocycles. The maximum Gasteiger partial charge on any atom is 0.315 e. The van der Waals surface area contributed by atoms with Crippen LogP contribution >= 0.6 is 0 Å². The number of carbonyl (C=O) groups is 5. The number of likely N-dealkylation sites (tertiary alicyclic amines) is 1. The molecule has 3 saturated carbocycles. The molecule has 4 rings (SSSR count). The number of sulfone groups is 1. The topological polar surface area (TPSA) is 171 Å². The van der Waals surface area contributed by atoms with Crippen LogP contribution in [0.1, 0.15) is 120 Å². The van der Waals surface area contributed by atoms with Crippen LogP contribution < -0.4 is 21.3 Å². The summed E-state index contributed by atoms with van der Waals surface area (Å²) < 4.78 is 25.6. The van der Waals surface area contributed by atoms with Gasteiger partial charge in [0.05, 0.1) is 22.1 Å². The quantitative estimate of drug-likeness (QED) is 0.227. The van der Waals surface area contributed by atoms with Gasteiger partial charge in [0.1, 0.15) is 12.1 Å². The summed E-state index contributed by atoms with van der Waals surface area (Å²) in [5.41, 5.74) is -1.90. The van der Waals surface area contributed by atoms with Crippen molar-refractivity contribution >= 4 is 39.4 Å². The second-order valence-corrected chi connectivity index (χ2v) is 20.2. The number of nitrogens with zero attached hydrogens (tertiary/aromatic N) is 1. The minimum atomic E-state index is -3.56. The van der Waals surface area contributed by atoms with E-state index in [4.69, 9.17) is 0 Å². The van der Waals surface area contributed by atoms with E-state index in [0.717, 1.165) is 32.1 Å². The van der Waals surface area contributed by atoms with E-state index in [1.54, 1.807) is 20.8 Å². The molecule has 5 amide bonds. The van der Waals surface area contributed by atoms with E-state index in [9.17, 15) is 32.4 Å². The maximum atomic E-state index is 14.4. The van der Waals surface area contributed by atoms with Crippen molar-refractivity contribution in [1.29, 1.82) is 0 Å². The zero-order valence-electron chi connectivity index (χ0n) is 30.5. The van der Waals surface area contributed by atoms with Gasteiger partial charge < -0.3 is 26.2 Å². The smallest absolute Gasteiger partial charge is 0.315 e. The number of hydrogen-bond donors (Lipinski definition) is 4. The average Bonchev–Trinajstić information content (AvgIpc) is 3.81. The van der Waals surface area contributed by atoms with Crippen molar-refractivity contribution in [3.05, 3.63) is 0 Å². The SMILES string of the molecule is CCCC(NC(=O)C1C2C(CN1C(=O)C(NC(=O)NC1(CS(=O)(=O)C(C)(C)C)CCCCC1)C(C)(C)C)C2(C)C)C(=O)C(=O)NC1CC1. The molecule has 272 valence electrons. The largest absolute Gasteiger partial charge is 0.347 e. The molecule has 5 atom stereocenters. The fourth-order valence-electron chi connectivity index (χ4n) is 7.61. The Bertz CT molecular complexity index is 1390. The van der Waals surface area contributed by atoms with Gasteiger partial charge in [0.15, 0.2) is 9.84 Å². The Labute approximate surface area is 287 Å². The number of ketones is 1. The Morgan fingerprint density at radius 3 is 2.04 bits per heavy atom. The first-order valence-electron chi connectivity index (χ1n) is 17.8. The van der Waals surface area contributed by atoms with Crippen molar-refractivity contribution < 1.29 is 32.4 Å². The minimum absolute atomic E-state index is 0.00492. The van der Waals surface area contributed by atoms with Crippen LogP contribution in [0.4, 0.5) is 4.79 Å². The zero-order valence-corrected chi connectivity index (χ0v) is 31.3. The van der Waals surface area contributed by atoms with Gasteiger partial charge in [-0.15, -0.1) is 0 Å². The third-order valence-electron chi connectivity index (χ3n) is 11.1. The van der Waals surface area contributed by atoms with E-state index in [0.29, 0.717) is 32.2 Å². The first-order valence-corrected chi connectivity index (χ1v) is 19.5. The molecule has 48 heavy (non-hydrogen) atoms. The molecule has 4 N–H and O–H groups in total. The van der Waals surface area contributed by atoms with Gasteiger partial charge in [-0.2, -0.15) is 0 Å². The third-order valence-corrected chi connectivity index (χ3v) is 13.9. The van der Waals surface area contributed by atoms with Crippen molar-refractivity contribution in [1.82, 2.24) is 26.2 Å². The van der Waals surface area contributed by atoms with Crippen LogP contribution in [0.25, 0.3) is 0 Å². The third kappa shape index (κ3) is 8.18. The van der Waals surface area contributed by atoms with Crippen LogP contribution in [0.5, 0.6) is 0 Å². The van der Waals surface area contributed by atoms with Crippen LogP contribution in [0, 0.1) is 22.7 Å². The summed E-state index contributed by atoms with van der Waals surface area (Å²) in [5, 5.41) is 11.4. The normalized spacial score (nSPS) is 26.0. The second kappa shape index (κ2) is 13.5. The standard InChI is InChI=1S/C35H59N5O7S/c1-10-14-23(26(41)29(43)36-21-15-16-21)37-28(42)25-24-22(34(24,8)9)19-40(25)30(44)27(32(2,3)4)38-31(45)39-35(17-12-11-13-18-35)20-48(46,47)33(5,6)7/h21-25,27H,10-20H2,1-9H3,(H,36,43)(H,37,42)(H2,38,39,45). The van der Waals surface area contributed by atoms with Crippen LogP contribution in [0.15, 0.2) is 0 Å². The van der Waals surface area contributed by atoms with E-state index in [1.165, 1.54) is 4.90 Å². The van der Waals surface area contributed by atoms with Gasteiger partial charge in [0.25, 0.3) is 5.91 Å². The monoisotopic (exact) mass is 693 g/mol. The first-order chi connectivity index (χ1) is 22.0. The molecule has 1 heterocycles. The Balaban J connectivity index is 1.54. The van der Waals surface area contributed by atoms with Gasteiger partial charge in [-0.25, -0.2) is 13.2 Å². The van der Waals surface area contributed by atoms with Gasteiger partial charge >= 0.3 is 6.03 Å². The highest BCUT2D eigenvalue weighted by molar-refractivity contribution is 7.92. The molecule has 4 aliphatic rings. The molecule has 0 bridgehead atoms. The van der Waals surface area contributed by atoms with Gasteiger partial charge in [-0.05, 0) is 75.5 Å². The number of rotatable bonds is 12. The number of Topliss-reactive ketones (excluding diaryl/α,β-unsaturated/α-hetero) is 1. The van der Waals surface area contributed by atoms with Gasteiger partial charge in [0, 0.05) is 12.6 Å². The molecule has 1 saturated heterocycles. The van der Waals surface area contributed by atoms with E-state index in [2.05, 4.69) is 35.1 Å². The number of piperidine rings is 1. The highest BCUT2D eigenvalue weighted by Crippen LogP contribution is 2.65. The van der Waals surface area contributed by atoms with Crippen molar-refractivity contribution in [3.8, 4) is 0 Å². The molecule has 0 radical (unpaired) electrons. The average molecular weight is 694 g/mol. The van der Waals surface area contributed by atoms with E-state index in [1.807, 2.05) is 27.7 Å². The van der Waals surface area contributed by atoms with Gasteiger partial charge in [-0.3, -0.25) is 19.2 Å². The number of hydrogen-bond acceptors (Lipinski definition) is 7. The lowest BCUT2D eigenvalue weighted by atomic mass is 9.83. The highest BCUT2D eigenvalue weighted by atomic mass is 32.2. The lowest BCUT2D eigenvalue weighted by Crippen LogP contribution is -2.64. The van der Waals surface area contributed by atoms with Crippen LogP contribution in [-0.2, 0) is 29.0 Å². The highest BCUT2D eigenvalue weighted by Gasteiger charge is 2.70. The Kier molecular flexibility index (Phi) is 10.8. The zero-order chi connectivity index (χ0) is 36.0. The summed E-state index contributed by atoms with van der Waals surface area (Å²) in [4.78, 5) is 69.3. The molecular formula is C35H59N5O7S. The number of fused-ring (bicyclic) bond motifs is 1. The molecule has 0 spiro atoms.